The molecular formula is C23H28N2O2. The molecule has 1 aliphatic carbocycles. The highest BCUT2D eigenvalue weighted by molar-refractivity contribution is 6.13. The lowest BCUT2D eigenvalue weighted by atomic mass is 9.85. The fourth-order valence-corrected chi connectivity index (χ4v) is 3.45. The molecule has 3 rings (SSSR count). The van der Waals surface area contributed by atoms with Crippen LogP contribution in [0.5, 0.6) is 0 Å². The molecule has 0 spiro atoms. The molecule has 2 aromatic rings. The van der Waals surface area contributed by atoms with E-state index in [1.54, 1.807) is 11.9 Å². The number of benzene rings is 2. The van der Waals surface area contributed by atoms with Gasteiger partial charge >= 0.3 is 0 Å². The zero-order chi connectivity index (χ0) is 19.7. The van der Waals surface area contributed by atoms with Crippen LogP contribution in [0.2, 0.25) is 0 Å². The van der Waals surface area contributed by atoms with Gasteiger partial charge in [-0.25, -0.2) is 0 Å². The summed E-state index contributed by atoms with van der Waals surface area (Å²) in [5.41, 5.74) is 1.91. The van der Waals surface area contributed by atoms with Crippen molar-refractivity contribution in [3.8, 4) is 0 Å². The van der Waals surface area contributed by atoms with E-state index in [0.29, 0.717) is 19.4 Å². The summed E-state index contributed by atoms with van der Waals surface area (Å²) in [5.74, 6) is -0.291. The molecule has 0 aromatic heterocycles. The molecule has 0 atom stereocenters. The highest BCUT2D eigenvalue weighted by Crippen LogP contribution is 2.48. The summed E-state index contributed by atoms with van der Waals surface area (Å²) in [6.45, 7) is 6.85. The van der Waals surface area contributed by atoms with Crippen LogP contribution in [0.15, 0.2) is 54.6 Å². The van der Waals surface area contributed by atoms with E-state index >= 15 is 0 Å². The molecular weight excluding hydrogens is 336 g/mol. The van der Waals surface area contributed by atoms with Crippen molar-refractivity contribution in [3.05, 3.63) is 65.7 Å². The highest BCUT2D eigenvalue weighted by Gasteiger charge is 2.57. The summed E-state index contributed by atoms with van der Waals surface area (Å²) in [4.78, 5) is 27.7. The number of nitrogens with one attached hydrogen (secondary N) is 1. The lowest BCUT2D eigenvalue weighted by Gasteiger charge is -2.26. The minimum atomic E-state index is -0.922. The predicted octanol–water partition coefficient (Wildman–Crippen LogP) is 4.36. The molecule has 1 fully saturated rings. The van der Waals surface area contributed by atoms with E-state index in [0.717, 1.165) is 16.8 Å². The maximum Gasteiger partial charge on any atom is 0.240 e. The fourth-order valence-electron chi connectivity index (χ4n) is 3.45. The number of hydrogen-bond acceptors (Lipinski definition) is 2. The Labute approximate surface area is 161 Å². The van der Waals surface area contributed by atoms with Crippen LogP contribution >= 0.6 is 0 Å². The summed E-state index contributed by atoms with van der Waals surface area (Å²) in [5, 5.41) is 3.03. The first-order chi connectivity index (χ1) is 12.7. The van der Waals surface area contributed by atoms with E-state index in [9.17, 15) is 9.59 Å². The highest BCUT2D eigenvalue weighted by atomic mass is 16.2. The van der Waals surface area contributed by atoms with Crippen LogP contribution in [0.25, 0.3) is 0 Å². The molecule has 1 N–H and O–H groups in total. The normalized spacial score (nSPS) is 15.1. The van der Waals surface area contributed by atoms with Crippen molar-refractivity contribution in [2.75, 3.05) is 12.4 Å². The van der Waals surface area contributed by atoms with Crippen molar-refractivity contribution < 1.29 is 9.59 Å². The van der Waals surface area contributed by atoms with E-state index in [1.807, 2.05) is 54.6 Å². The number of carbonyl (C=O) groups is 2. The predicted molar refractivity (Wildman–Crippen MR) is 108 cm³/mol. The number of carbonyl (C=O) groups excluding carboxylic acids is 2. The van der Waals surface area contributed by atoms with Crippen molar-refractivity contribution in [3.63, 3.8) is 0 Å². The Morgan fingerprint density at radius 3 is 2.19 bits per heavy atom. The molecule has 2 aromatic carbocycles. The second-order valence-electron chi connectivity index (χ2n) is 8.48. The first-order valence-electron chi connectivity index (χ1n) is 9.44. The lowest BCUT2D eigenvalue weighted by Crippen LogP contribution is -2.41. The summed E-state index contributed by atoms with van der Waals surface area (Å²) >= 11 is 0. The van der Waals surface area contributed by atoms with Gasteiger partial charge in [0.15, 0.2) is 0 Å². The zero-order valence-corrected chi connectivity index (χ0v) is 16.6. The van der Waals surface area contributed by atoms with Crippen LogP contribution in [0, 0.1) is 5.41 Å². The van der Waals surface area contributed by atoms with Gasteiger partial charge in [0, 0.05) is 19.3 Å². The van der Waals surface area contributed by atoms with E-state index in [1.165, 1.54) is 0 Å². The van der Waals surface area contributed by atoms with Gasteiger partial charge in [-0.15, -0.1) is 0 Å². The first kappa shape index (κ1) is 19.2. The minimum Gasteiger partial charge on any atom is -0.340 e. The summed E-state index contributed by atoms with van der Waals surface area (Å²) in [6.07, 6.45) is 1.21. The van der Waals surface area contributed by atoms with Crippen molar-refractivity contribution in [1.29, 1.82) is 0 Å². The number of anilines is 1. The third kappa shape index (κ3) is 4.05. The van der Waals surface area contributed by atoms with E-state index in [-0.39, 0.29) is 17.2 Å². The Morgan fingerprint density at radius 1 is 1.00 bits per heavy atom. The third-order valence-corrected chi connectivity index (χ3v) is 5.19. The number of rotatable bonds is 5. The minimum absolute atomic E-state index is 0.0886. The van der Waals surface area contributed by atoms with Crippen molar-refractivity contribution in [2.24, 2.45) is 5.41 Å². The van der Waals surface area contributed by atoms with E-state index in [4.69, 9.17) is 0 Å². The molecule has 27 heavy (non-hydrogen) atoms. The van der Waals surface area contributed by atoms with Crippen LogP contribution in [-0.4, -0.2) is 23.8 Å². The smallest absolute Gasteiger partial charge is 0.240 e. The average molecular weight is 364 g/mol. The van der Waals surface area contributed by atoms with Gasteiger partial charge in [-0.05, 0) is 35.4 Å². The molecule has 2 amide bonds. The molecule has 0 radical (unpaired) electrons. The van der Waals surface area contributed by atoms with Gasteiger partial charge in [0.1, 0.15) is 5.41 Å². The molecule has 4 heteroatoms. The lowest BCUT2D eigenvalue weighted by molar-refractivity contribution is -0.141. The molecule has 142 valence electrons. The largest absolute Gasteiger partial charge is 0.340 e. The summed E-state index contributed by atoms with van der Waals surface area (Å²) in [7, 11) is 1.77. The number of para-hydroxylation sites is 1. The maximum atomic E-state index is 13.0. The topological polar surface area (TPSA) is 49.4 Å². The van der Waals surface area contributed by atoms with Crippen molar-refractivity contribution >= 4 is 17.5 Å². The Hall–Kier alpha value is -2.62. The molecule has 0 bridgehead atoms. The first-order valence-corrected chi connectivity index (χ1v) is 9.44. The van der Waals surface area contributed by atoms with Gasteiger partial charge in [-0.2, -0.15) is 0 Å². The Balaban J connectivity index is 1.74. The van der Waals surface area contributed by atoms with Crippen LogP contribution < -0.4 is 5.32 Å². The second-order valence-corrected chi connectivity index (χ2v) is 8.48. The second kappa shape index (κ2) is 7.18. The van der Waals surface area contributed by atoms with Gasteiger partial charge in [-0.1, -0.05) is 69.3 Å². The standard InChI is InChI=1S/C23H28N2O2/c1-22(2,3)18-12-8-9-13-19(18)24-20(26)23(14-15-23)21(27)25(4)16-17-10-6-5-7-11-17/h5-13H,14-16H2,1-4H3,(H,24,26). The molecule has 4 nitrogen and oxygen atoms in total. The van der Waals surface area contributed by atoms with Crippen molar-refractivity contribution in [1.82, 2.24) is 4.90 Å². The van der Waals surface area contributed by atoms with E-state index in [2.05, 4.69) is 26.1 Å². The number of hydrogen-bond donors (Lipinski definition) is 1. The van der Waals surface area contributed by atoms with Gasteiger partial charge in [0.2, 0.25) is 11.8 Å². The quantitative estimate of drug-likeness (QED) is 0.801. The van der Waals surface area contributed by atoms with Crippen LogP contribution in [0.3, 0.4) is 0 Å². The Kier molecular flexibility index (Phi) is 5.09. The average Bonchev–Trinajstić information content (AvgIpc) is 3.43. The SMILES string of the molecule is CN(Cc1ccccc1)C(=O)C1(C(=O)Nc2ccccc2C(C)(C)C)CC1. The zero-order valence-electron chi connectivity index (χ0n) is 16.6. The molecule has 0 aliphatic heterocycles. The fraction of sp³-hybridized carbons (Fsp3) is 0.391. The summed E-state index contributed by atoms with van der Waals surface area (Å²) < 4.78 is 0. The van der Waals surface area contributed by atoms with Crippen LogP contribution in [0.4, 0.5) is 5.69 Å². The monoisotopic (exact) mass is 364 g/mol. The third-order valence-electron chi connectivity index (χ3n) is 5.19. The molecule has 0 unspecified atom stereocenters. The van der Waals surface area contributed by atoms with Gasteiger partial charge < -0.3 is 10.2 Å². The Morgan fingerprint density at radius 2 is 1.59 bits per heavy atom. The maximum absolute atomic E-state index is 13.0. The van der Waals surface area contributed by atoms with Gasteiger partial charge in [0.25, 0.3) is 0 Å². The van der Waals surface area contributed by atoms with Crippen molar-refractivity contribution in [2.45, 2.75) is 45.6 Å². The molecule has 1 aliphatic rings. The number of nitrogens with zero attached hydrogens (tertiary/aromatic N) is 1. The van der Waals surface area contributed by atoms with Gasteiger partial charge in [-0.3, -0.25) is 9.59 Å². The molecule has 1 saturated carbocycles. The number of amides is 2. The summed E-state index contributed by atoms with van der Waals surface area (Å²) in [6, 6.07) is 17.7. The molecule has 0 saturated heterocycles. The Bertz CT molecular complexity index is 833. The molecule has 0 heterocycles. The van der Waals surface area contributed by atoms with Crippen LogP contribution in [-0.2, 0) is 21.5 Å². The van der Waals surface area contributed by atoms with Gasteiger partial charge in [0.05, 0.1) is 0 Å². The van der Waals surface area contributed by atoms with E-state index < -0.39 is 5.41 Å². The van der Waals surface area contributed by atoms with Crippen LogP contribution in [0.1, 0.15) is 44.7 Å².